The van der Waals surface area contributed by atoms with Crippen LogP contribution in [0.4, 0.5) is 0 Å². The van der Waals surface area contributed by atoms with E-state index >= 15 is 0 Å². The Labute approximate surface area is 187 Å². The molecule has 2 atom stereocenters. The van der Waals surface area contributed by atoms with Crippen LogP contribution in [-0.4, -0.2) is 27.5 Å². The first-order valence-electron chi connectivity index (χ1n) is 11.0. The predicted molar refractivity (Wildman–Crippen MR) is 128 cm³/mol. The van der Waals surface area contributed by atoms with Crippen molar-refractivity contribution >= 4 is 33.6 Å². The summed E-state index contributed by atoms with van der Waals surface area (Å²) in [6, 6.07) is 22.0. The van der Waals surface area contributed by atoms with Crippen molar-refractivity contribution in [2.75, 3.05) is 0 Å². The molecule has 5 heteroatoms. The van der Waals surface area contributed by atoms with Gasteiger partial charge in [0.05, 0.1) is 0 Å². The van der Waals surface area contributed by atoms with Crippen molar-refractivity contribution < 1.29 is 14.7 Å². The number of aromatic amines is 1. The standard InChI is InChI=1S/C27H28N2O3/c1-3-18(15-20-11-8-10-19-9-4-5-12-22(19)20)25(30)29-27(2,26(31)32)16-21-17-28-24-14-7-6-13-23(21)24/h4-14,17-18,28H,3,15-16H2,1-2H3,(H,29,30)(H,31,32). The van der Waals surface area contributed by atoms with Gasteiger partial charge in [0, 0.05) is 29.4 Å². The van der Waals surface area contributed by atoms with Gasteiger partial charge in [-0.3, -0.25) is 4.79 Å². The van der Waals surface area contributed by atoms with Crippen molar-refractivity contribution in [3.63, 3.8) is 0 Å². The van der Waals surface area contributed by atoms with Crippen molar-refractivity contribution in [2.45, 2.75) is 38.6 Å². The number of carbonyl (C=O) groups is 2. The van der Waals surface area contributed by atoms with E-state index in [1.54, 1.807) is 6.92 Å². The first-order chi connectivity index (χ1) is 15.4. The Morgan fingerprint density at radius 1 is 0.969 bits per heavy atom. The van der Waals surface area contributed by atoms with Crippen LogP contribution < -0.4 is 5.32 Å². The number of benzene rings is 3. The Morgan fingerprint density at radius 2 is 1.66 bits per heavy atom. The second-order valence-electron chi connectivity index (χ2n) is 8.61. The third kappa shape index (κ3) is 4.24. The highest BCUT2D eigenvalue weighted by molar-refractivity contribution is 5.91. The molecule has 3 N–H and O–H groups in total. The van der Waals surface area contributed by atoms with E-state index in [2.05, 4.69) is 28.5 Å². The van der Waals surface area contributed by atoms with E-state index in [4.69, 9.17) is 0 Å². The Morgan fingerprint density at radius 3 is 2.41 bits per heavy atom. The van der Waals surface area contributed by atoms with E-state index in [-0.39, 0.29) is 18.2 Å². The van der Waals surface area contributed by atoms with E-state index in [9.17, 15) is 14.7 Å². The number of amides is 1. The number of carboxylic acids is 1. The molecule has 0 aliphatic carbocycles. The topological polar surface area (TPSA) is 82.2 Å². The first kappa shape index (κ1) is 21.6. The first-order valence-corrected chi connectivity index (χ1v) is 11.0. The minimum atomic E-state index is -1.41. The molecule has 164 valence electrons. The zero-order valence-corrected chi connectivity index (χ0v) is 18.4. The molecule has 0 aliphatic rings. The van der Waals surface area contributed by atoms with Crippen molar-refractivity contribution in [3.8, 4) is 0 Å². The molecular weight excluding hydrogens is 400 g/mol. The fourth-order valence-corrected chi connectivity index (χ4v) is 4.36. The SMILES string of the molecule is CCC(Cc1cccc2ccccc12)C(=O)NC(C)(Cc1c[nH]c2ccccc12)C(=O)O. The Balaban J connectivity index is 1.56. The molecule has 3 aromatic carbocycles. The molecule has 0 bridgehead atoms. The van der Waals surface area contributed by atoms with E-state index in [0.29, 0.717) is 12.8 Å². The summed E-state index contributed by atoms with van der Waals surface area (Å²) in [5.41, 5.74) is 1.50. The summed E-state index contributed by atoms with van der Waals surface area (Å²) in [5.74, 6) is -1.59. The van der Waals surface area contributed by atoms with Gasteiger partial charge in [0.2, 0.25) is 5.91 Å². The number of hydrogen-bond donors (Lipinski definition) is 3. The lowest BCUT2D eigenvalue weighted by Gasteiger charge is -2.28. The van der Waals surface area contributed by atoms with Crippen molar-refractivity contribution in [1.82, 2.24) is 10.3 Å². The zero-order valence-electron chi connectivity index (χ0n) is 18.4. The van der Waals surface area contributed by atoms with Crippen molar-refractivity contribution in [2.24, 2.45) is 5.92 Å². The van der Waals surface area contributed by atoms with Gasteiger partial charge in [-0.15, -0.1) is 0 Å². The molecule has 5 nitrogen and oxygen atoms in total. The molecule has 2 unspecified atom stereocenters. The van der Waals surface area contributed by atoms with Crippen LogP contribution in [0.15, 0.2) is 72.9 Å². The third-order valence-electron chi connectivity index (χ3n) is 6.30. The molecule has 0 saturated heterocycles. The molecule has 0 spiro atoms. The highest BCUT2D eigenvalue weighted by atomic mass is 16.4. The van der Waals surface area contributed by atoms with E-state index in [1.807, 2.05) is 61.7 Å². The number of para-hydroxylation sites is 1. The molecule has 4 aromatic rings. The second-order valence-corrected chi connectivity index (χ2v) is 8.61. The molecule has 0 radical (unpaired) electrons. The smallest absolute Gasteiger partial charge is 0.329 e. The van der Waals surface area contributed by atoms with Gasteiger partial charge in [-0.2, -0.15) is 0 Å². The van der Waals surface area contributed by atoms with Gasteiger partial charge in [-0.05, 0) is 47.7 Å². The van der Waals surface area contributed by atoms with Gasteiger partial charge >= 0.3 is 5.97 Å². The van der Waals surface area contributed by atoms with Crippen LogP contribution in [0.1, 0.15) is 31.4 Å². The van der Waals surface area contributed by atoms with Gasteiger partial charge in [0.25, 0.3) is 0 Å². The average Bonchev–Trinajstić information content (AvgIpc) is 3.19. The van der Waals surface area contributed by atoms with Gasteiger partial charge in [0.15, 0.2) is 0 Å². The maximum absolute atomic E-state index is 13.2. The average molecular weight is 429 g/mol. The molecule has 0 fully saturated rings. The number of carboxylic acid groups (broad SMARTS) is 1. The number of carbonyl (C=O) groups excluding carboxylic acids is 1. The highest BCUT2D eigenvalue weighted by Crippen LogP contribution is 2.25. The molecule has 0 saturated carbocycles. The Kier molecular flexibility index (Phi) is 5.99. The largest absolute Gasteiger partial charge is 0.480 e. The normalized spacial score (nSPS) is 14.2. The number of aromatic nitrogens is 1. The van der Waals surface area contributed by atoms with Crippen molar-refractivity contribution in [1.29, 1.82) is 0 Å². The summed E-state index contributed by atoms with van der Waals surface area (Å²) in [5, 5.41) is 16.1. The number of H-pyrrole nitrogens is 1. The number of hydrogen-bond acceptors (Lipinski definition) is 2. The lowest BCUT2D eigenvalue weighted by Crippen LogP contribution is -2.55. The molecule has 4 rings (SSSR count). The molecular formula is C27H28N2O3. The number of aliphatic carboxylic acids is 1. The maximum Gasteiger partial charge on any atom is 0.329 e. The summed E-state index contributed by atoms with van der Waals surface area (Å²) in [7, 11) is 0. The van der Waals surface area contributed by atoms with Gasteiger partial charge < -0.3 is 15.4 Å². The number of nitrogens with one attached hydrogen (secondary N) is 2. The van der Waals surface area contributed by atoms with Crippen LogP contribution in [0.5, 0.6) is 0 Å². The highest BCUT2D eigenvalue weighted by Gasteiger charge is 2.37. The van der Waals surface area contributed by atoms with Crippen LogP contribution in [-0.2, 0) is 22.4 Å². The fraction of sp³-hybridized carbons (Fsp3) is 0.259. The minimum absolute atomic E-state index is 0.197. The molecule has 1 heterocycles. The second kappa shape index (κ2) is 8.87. The fourth-order valence-electron chi connectivity index (χ4n) is 4.36. The number of rotatable bonds is 8. The van der Waals surface area contributed by atoms with Gasteiger partial charge in [-0.1, -0.05) is 67.6 Å². The summed E-state index contributed by atoms with van der Waals surface area (Å²) >= 11 is 0. The lowest BCUT2D eigenvalue weighted by molar-refractivity contribution is -0.147. The van der Waals surface area contributed by atoms with Crippen molar-refractivity contribution in [3.05, 3.63) is 84.1 Å². The number of fused-ring (bicyclic) bond motifs is 2. The summed E-state index contributed by atoms with van der Waals surface area (Å²) in [4.78, 5) is 28.7. The van der Waals surface area contributed by atoms with Gasteiger partial charge in [0.1, 0.15) is 5.54 Å². The molecule has 32 heavy (non-hydrogen) atoms. The van der Waals surface area contributed by atoms with E-state index < -0.39 is 11.5 Å². The van der Waals surface area contributed by atoms with E-state index in [1.165, 1.54) is 0 Å². The maximum atomic E-state index is 13.2. The summed E-state index contributed by atoms with van der Waals surface area (Å²) in [6.07, 6.45) is 3.21. The Hall–Kier alpha value is -3.60. The van der Waals surface area contributed by atoms with Crippen LogP contribution in [0.2, 0.25) is 0 Å². The summed E-state index contributed by atoms with van der Waals surface area (Å²) < 4.78 is 0. The third-order valence-corrected chi connectivity index (χ3v) is 6.30. The summed E-state index contributed by atoms with van der Waals surface area (Å²) in [6.45, 7) is 3.55. The monoisotopic (exact) mass is 428 g/mol. The van der Waals surface area contributed by atoms with Crippen LogP contribution >= 0.6 is 0 Å². The van der Waals surface area contributed by atoms with E-state index in [0.717, 1.165) is 32.8 Å². The lowest BCUT2D eigenvalue weighted by atomic mass is 9.89. The molecule has 0 aliphatic heterocycles. The van der Waals surface area contributed by atoms with Crippen LogP contribution in [0.25, 0.3) is 21.7 Å². The molecule has 1 aromatic heterocycles. The van der Waals surface area contributed by atoms with Crippen LogP contribution in [0, 0.1) is 5.92 Å². The van der Waals surface area contributed by atoms with Gasteiger partial charge in [-0.25, -0.2) is 4.79 Å². The quantitative estimate of drug-likeness (QED) is 0.365. The zero-order chi connectivity index (χ0) is 22.7. The predicted octanol–water partition coefficient (Wildman–Crippen LogP) is 5.09. The molecule has 1 amide bonds. The minimum Gasteiger partial charge on any atom is -0.480 e. The Bertz CT molecular complexity index is 1270. The van der Waals surface area contributed by atoms with Crippen LogP contribution in [0.3, 0.4) is 0 Å².